The number of methoxy groups -OCH3 is 1. The molecule has 0 aliphatic carbocycles. The minimum absolute atomic E-state index is 0.280. The summed E-state index contributed by atoms with van der Waals surface area (Å²) in [6.45, 7) is 1.41. The van der Waals surface area contributed by atoms with Crippen LogP contribution < -0.4 is 0 Å². The lowest BCUT2D eigenvalue weighted by atomic mass is 9.91. The minimum Gasteiger partial charge on any atom is -0.394 e. The van der Waals surface area contributed by atoms with Crippen LogP contribution in [0.25, 0.3) is 0 Å². The van der Waals surface area contributed by atoms with Crippen LogP contribution in [0.1, 0.15) is 6.92 Å². The summed E-state index contributed by atoms with van der Waals surface area (Å²) in [4.78, 5) is 0. The van der Waals surface area contributed by atoms with E-state index < -0.39 is 24.6 Å². The van der Waals surface area contributed by atoms with Crippen molar-refractivity contribution in [2.75, 3.05) is 13.7 Å². The molecule has 0 saturated carbocycles. The largest absolute Gasteiger partial charge is 0.394 e. The zero-order valence-electron chi connectivity index (χ0n) is 7.75. The van der Waals surface area contributed by atoms with Crippen molar-refractivity contribution < 1.29 is 24.8 Å². The molecule has 1 rings (SSSR count). The summed E-state index contributed by atoms with van der Waals surface area (Å²) in [5.41, 5.74) is 0. The Morgan fingerprint density at radius 3 is 2.38 bits per heavy atom. The number of aliphatic hydroxyl groups is 3. The van der Waals surface area contributed by atoms with Crippen molar-refractivity contribution in [1.82, 2.24) is 0 Å². The predicted octanol–water partition coefficient (Wildman–Crippen LogP) is -1.29. The molecule has 5 heteroatoms. The zero-order chi connectivity index (χ0) is 10.0. The van der Waals surface area contributed by atoms with Crippen LogP contribution in [0.4, 0.5) is 0 Å². The Hall–Kier alpha value is -0.200. The van der Waals surface area contributed by atoms with Gasteiger partial charge in [0.05, 0.1) is 12.7 Å². The number of ether oxygens (including phenoxy) is 2. The van der Waals surface area contributed by atoms with Gasteiger partial charge < -0.3 is 24.8 Å². The van der Waals surface area contributed by atoms with E-state index in [-0.39, 0.29) is 12.5 Å². The van der Waals surface area contributed by atoms with Crippen LogP contribution in [0, 0.1) is 5.92 Å². The molecule has 0 radical (unpaired) electrons. The summed E-state index contributed by atoms with van der Waals surface area (Å²) in [5.74, 6) is -0.365. The van der Waals surface area contributed by atoms with Crippen molar-refractivity contribution in [3.63, 3.8) is 0 Å². The fraction of sp³-hybridized carbons (Fsp3) is 1.00. The number of rotatable bonds is 2. The van der Waals surface area contributed by atoms with E-state index in [1.807, 2.05) is 0 Å². The molecule has 1 saturated heterocycles. The van der Waals surface area contributed by atoms with Gasteiger partial charge in [0, 0.05) is 13.0 Å². The van der Waals surface area contributed by atoms with Crippen molar-refractivity contribution in [2.45, 2.75) is 31.5 Å². The molecule has 0 spiro atoms. The highest BCUT2D eigenvalue weighted by Gasteiger charge is 2.41. The second-order valence-electron chi connectivity index (χ2n) is 3.30. The Morgan fingerprint density at radius 2 is 1.92 bits per heavy atom. The summed E-state index contributed by atoms with van der Waals surface area (Å²) < 4.78 is 9.97. The van der Waals surface area contributed by atoms with Gasteiger partial charge >= 0.3 is 0 Å². The maximum Gasteiger partial charge on any atom is 0.183 e. The Labute approximate surface area is 76.9 Å². The average molecular weight is 192 g/mol. The predicted molar refractivity (Wildman–Crippen MR) is 43.9 cm³/mol. The van der Waals surface area contributed by atoms with Gasteiger partial charge in [0.2, 0.25) is 0 Å². The molecule has 0 bridgehead atoms. The molecular weight excluding hydrogens is 176 g/mol. The van der Waals surface area contributed by atoms with E-state index in [2.05, 4.69) is 0 Å². The van der Waals surface area contributed by atoms with Gasteiger partial charge in [-0.3, -0.25) is 0 Å². The first kappa shape index (κ1) is 10.9. The van der Waals surface area contributed by atoms with E-state index in [0.29, 0.717) is 0 Å². The number of aliphatic hydroxyl groups excluding tert-OH is 3. The summed E-state index contributed by atoms with van der Waals surface area (Å²) in [6.07, 6.45) is -3.16. The van der Waals surface area contributed by atoms with Gasteiger partial charge in [-0.15, -0.1) is 0 Å². The Kier molecular flexibility index (Phi) is 3.63. The van der Waals surface area contributed by atoms with E-state index in [0.717, 1.165) is 0 Å². The summed E-state index contributed by atoms with van der Waals surface area (Å²) in [6, 6.07) is 0. The minimum atomic E-state index is -0.859. The number of hydrogen-bond donors (Lipinski definition) is 3. The van der Waals surface area contributed by atoms with E-state index in [1.165, 1.54) is 7.11 Å². The van der Waals surface area contributed by atoms with Crippen molar-refractivity contribution in [3.05, 3.63) is 0 Å². The van der Waals surface area contributed by atoms with Crippen LogP contribution >= 0.6 is 0 Å². The Balaban J connectivity index is 2.66. The monoisotopic (exact) mass is 192 g/mol. The van der Waals surface area contributed by atoms with Crippen LogP contribution in [0.2, 0.25) is 0 Å². The standard InChI is InChI=1S/C8H16O5/c1-4-6(10)5(3-9)13-8(12-2)7(4)11/h4-11H,3H2,1-2H3/t4-,5?,6?,7?,8+/m1/s1. The normalized spacial score (nSPS) is 46.4. The lowest BCUT2D eigenvalue weighted by Gasteiger charge is -2.40. The van der Waals surface area contributed by atoms with E-state index >= 15 is 0 Å². The second-order valence-corrected chi connectivity index (χ2v) is 3.30. The molecule has 0 aromatic heterocycles. The highest BCUT2D eigenvalue weighted by Crippen LogP contribution is 2.25. The van der Waals surface area contributed by atoms with E-state index in [9.17, 15) is 10.2 Å². The molecule has 78 valence electrons. The average Bonchev–Trinajstić information content (AvgIpc) is 2.15. The molecule has 13 heavy (non-hydrogen) atoms. The van der Waals surface area contributed by atoms with Crippen LogP contribution in [0.5, 0.6) is 0 Å². The highest BCUT2D eigenvalue weighted by atomic mass is 16.7. The van der Waals surface area contributed by atoms with Gasteiger partial charge in [0.1, 0.15) is 12.2 Å². The Morgan fingerprint density at radius 1 is 1.31 bits per heavy atom. The van der Waals surface area contributed by atoms with Crippen molar-refractivity contribution in [3.8, 4) is 0 Å². The van der Waals surface area contributed by atoms with Gasteiger partial charge in [-0.05, 0) is 0 Å². The lowest BCUT2D eigenvalue weighted by Crippen LogP contribution is -2.54. The van der Waals surface area contributed by atoms with Crippen molar-refractivity contribution >= 4 is 0 Å². The highest BCUT2D eigenvalue weighted by molar-refractivity contribution is 4.86. The fourth-order valence-electron chi connectivity index (χ4n) is 1.47. The number of hydrogen-bond acceptors (Lipinski definition) is 5. The van der Waals surface area contributed by atoms with Crippen molar-refractivity contribution in [1.29, 1.82) is 0 Å². The van der Waals surface area contributed by atoms with Gasteiger partial charge in [-0.25, -0.2) is 0 Å². The molecule has 1 aliphatic rings. The van der Waals surface area contributed by atoms with Gasteiger partial charge in [0.15, 0.2) is 6.29 Å². The van der Waals surface area contributed by atoms with Gasteiger partial charge in [0.25, 0.3) is 0 Å². The maximum atomic E-state index is 9.53. The molecule has 1 heterocycles. The molecule has 1 fully saturated rings. The quantitative estimate of drug-likeness (QED) is 0.507. The molecule has 0 amide bonds. The second kappa shape index (κ2) is 4.34. The SMILES string of the molecule is CO[C@H]1OC(CO)C(O)[C@@H](C)C1O. The first-order chi connectivity index (χ1) is 6.11. The summed E-state index contributed by atoms with van der Waals surface area (Å²) in [7, 11) is 1.41. The molecule has 0 aromatic rings. The zero-order valence-corrected chi connectivity index (χ0v) is 7.75. The maximum absolute atomic E-state index is 9.53. The summed E-state index contributed by atoms with van der Waals surface area (Å²) >= 11 is 0. The third kappa shape index (κ3) is 2.00. The summed E-state index contributed by atoms with van der Waals surface area (Å²) in [5, 5.41) is 27.9. The molecule has 0 aromatic carbocycles. The van der Waals surface area contributed by atoms with Crippen LogP contribution in [-0.4, -0.2) is 53.6 Å². The third-order valence-corrected chi connectivity index (χ3v) is 2.46. The molecule has 5 nitrogen and oxygen atoms in total. The van der Waals surface area contributed by atoms with Crippen molar-refractivity contribution in [2.24, 2.45) is 5.92 Å². The Bertz CT molecular complexity index is 143. The first-order valence-corrected chi connectivity index (χ1v) is 4.27. The van der Waals surface area contributed by atoms with Crippen LogP contribution in [-0.2, 0) is 9.47 Å². The van der Waals surface area contributed by atoms with E-state index in [4.69, 9.17) is 14.6 Å². The molecular formula is C8H16O5. The van der Waals surface area contributed by atoms with Crippen LogP contribution in [0.15, 0.2) is 0 Å². The fourth-order valence-corrected chi connectivity index (χ4v) is 1.47. The van der Waals surface area contributed by atoms with Crippen LogP contribution in [0.3, 0.4) is 0 Å². The molecule has 3 N–H and O–H groups in total. The third-order valence-electron chi connectivity index (χ3n) is 2.46. The van der Waals surface area contributed by atoms with E-state index in [1.54, 1.807) is 6.92 Å². The smallest absolute Gasteiger partial charge is 0.183 e. The molecule has 5 atom stereocenters. The topological polar surface area (TPSA) is 79.2 Å². The molecule has 3 unspecified atom stereocenters. The van der Waals surface area contributed by atoms with Gasteiger partial charge in [-0.2, -0.15) is 0 Å². The lowest BCUT2D eigenvalue weighted by molar-refractivity contribution is -0.280. The van der Waals surface area contributed by atoms with Gasteiger partial charge in [-0.1, -0.05) is 6.92 Å². The molecule has 1 aliphatic heterocycles. The first-order valence-electron chi connectivity index (χ1n) is 4.27.